The van der Waals surface area contributed by atoms with Gasteiger partial charge in [-0.2, -0.15) is 22.0 Å². The summed E-state index contributed by atoms with van der Waals surface area (Å²) in [5, 5.41) is 0.788. The van der Waals surface area contributed by atoms with E-state index < -0.39 is 18.5 Å². The molecule has 0 saturated carbocycles. The van der Waals surface area contributed by atoms with E-state index in [0.717, 1.165) is 11.8 Å². The van der Waals surface area contributed by atoms with Gasteiger partial charge < -0.3 is 0 Å². The van der Waals surface area contributed by atoms with E-state index in [0.29, 0.717) is 6.42 Å². The lowest BCUT2D eigenvalue weighted by Crippen LogP contribution is -2.35. The molecule has 0 unspecified atom stereocenters. The summed E-state index contributed by atoms with van der Waals surface area (Å²) >= 11 is 3.17. The molecular formula is C9H12BrF5. The smallest absolute Gasteiger partial charge is 0.196 e. The fourth-order valence-corrected chi connectivity index (χ4v) is 1.16. The molecule has 0 aliphatic heterocycles. The highest BCUT2D eigenvalue weighted by atomic mass is 79.9. The number of rotatable bonds is 6. The summed E-state index contributed by atoms with van der Waals surface area (Å²) < 4.78 is 59.7. The van der Waals surface area contributed by atoms with Crippen LogP contribution in [0.25, 0.3) is 0 Å². The Kier molecular flexibility index (Phi) is 6.40. The molecule has 0 spiro atoms. The lowest BCUT2D eigenvalue weighted by molar-refractivity contribution is -0.283. The number of unbranched alkanes of at least 4 members (excludes halogenated alkanes) is 1. The summed E-state index contributed by atoms with van der Waals surface area (Å²) in [5.41, 5.74) is 0. The van der Waals surface area contributed by atoms with E-state index in [1.165, 1.54) is 6.08 Å². The molecule has 0 fully saturated rings. The van der Waals surface area contributed by atoms with E-state index in [1.807, 2.05) is 0 Å². The molecule has 0 bridgehead atoms. The number of halogens is 6. The van der Waals surface area contributed by atoms with Crippen molar-refractivity contribution in [2.45, 2.75) is 37.8 Å². The minimum absolute atomic E-state index is 0.255. The Balaban J connectivity index is 3.80. The molecule has 0 heterocycles. The van der Waals surface area contributed by atoms with Crippen molar-refractivity contribution >= 4 is 15.9 Å². The Hall–Kier alpha value is -0.130. The van der Waals surface area contributed by atoms with E-state index in [2.05, 4.69) is 15.9 Å². The van der Waals surface area contributed by atoms with Gasteiger partial charge in [-0.15, -0.1) is 0 Å². The van der Waals surface area contributed by atoms with Crippen molar-refractivity contribution in [1.82, 2.24) is 0 Å². The second kappa shape index (κ2) is 6.45. The number of allylic oxidation sites excluding steroid dienone is 2. The van der Waals surface area contributed by atoms with Crippen molar-refractivity contribution in [3.05, 3.63) is 12.2 Å². The first-order chi connectivity index (χ1) is 6.81. The van der Waals surface area contributed by atoms with Crippen LogP contribution < -0.4 is 0 Å². The second-order valence-electron chi connectivity index (χ2n) is 3.04. The van der Waals surface area contributed by atoms with Crippen LogP contribution in [-0.4, -0.2) is 17.4 Å². The predicted octanol–water partition coefficient (Wildman–Crippen LogP) is 4.70. The van der Waals surface area contributed by atoms with Crippen LogP contribution in [0.5, 0.6) is 0 Å². The SMILES string of the molecule is FC(F)(F)C(F)(F)CC/C=C/CCCBr. The molecular weight excluding hydrogens is 283 g/mol. The van der Waals surface area contributed by atoms with E-state index >= 15 is 0 Å². The summed E-state index contributed by atoms with van der Waals surface area (Å²) in [4.78, 5) is 0. The van der Waals surface area contributed by atoms with E-state index in [1.54, 1.807) is 6.08 Å². The molecule has 15 heavy (non-hydrogen) atoms. The Morgan fingerprint density at radius 1 is 0.933 bits per heavy atom. The third-order valence-corrected chi connectivity index (χ3v) is 2.27. The van der Waals surface area contributed by atoms with Gasteiger partial charge in [-0.1, -0.05) is 28.1 Å². The summed E-state index contributed by atoms with van der Waals surface area (Å²) in [6.45, 7) is 0. The molecule has 0 atom stereocenters. The normalized spacial score (nSPS) is 13.7. The van der Waals surface area contributed by atoms with Gasteiger partial charge in [-0.05, 0) is 19.3 Å². The van der Waals surface area contributed by atoms with Gasteiger partial charge in [0.15, 0.2) is 0 Å². The fraction of sp³-hybridized carbons (Fsp3) is 0.778. The Morgan fingerprint density at radius 2 is 1.47 bits per heavy atom. The standard InChI is InChI=1S/C9H12BrF5/c10-7-5-3-1-2-4-6-8(11,12)9(13,14)15/h1-2H,3-7H2/b2-1+. The molecule has 0 amide bonds. The molecule has 0 radical (unpaired) electrons. The van der Waals surface area contributed by atoms with E-state index in [-0.39, 0.29) is 6.42 Å². The Morgan fingerprint density at radius 3 is 1.93 bits per heavy atom. The maximum absolute atomic E-state index is 12.3. The van der Waals surface area contributed by atoms with Crippen molar-refractivity contribution in [3.63, 3.8) is 0 Å². The van der Waals surface area contributed by atoms with Crippen LogP contribution in [0.15, 0.2) is 12.2 Å². The first-order valence-electron chi connectivity index (χ1n) is 4.47. The lowest BCUT2D eigenvalue weighted by Gasteiger charge is -2.18. The molecule has 90 valence electrons. The molecule has 0 aromatic heterocycles. The van der Waals surface area contributed by atoms with Gasteiger partial charge in [0.25, 0.3) is 0 Å². The molecule has 0 saturated heterocycles. The van der Waals surface area contributed by atoms with Crippen LogP contribution in [0, 0.1) is 0 Å². The molecule has 0 N–H and O–H groups in total. The number of alkyl halides is 6. The van der Waals surface area contributed by atoms with Crippen molar-refractivity contribution in [2.24, 2.45) is 0 Å². The average Bonchev–Trinajstić information content (AvgIpc) is 2.09. The zero-order chi connectivity index (χ0) is 11.9. The molecule has 0 aliphatic rings. The van der Waals surface area contributed by atoms with Gasteiger partial charge in [-0.25, -0.2) is 0 Å². The first-order valence-corrected chi connectivity index (χ1v) is 5.59. The Bertz CT molecular complexity index is 197. The number of hydrogen-bond donors (Lipinski definition) is 0. The van der Waals surface area contributed by atoms with Crippen LogP contribution in [-0.2, 0) is 0 Å². The highest BCUT2D eigenvalue weighted by Crippen LogP contribution is 2.38. The van der Waals surface area contributed by atoms with Crippen LogP contribution in [0.4, 0.5) is 22.0 Å². The summed E-state index contributed by atoms with van der Waals surface area (Å²) in [7, 11) is 0. The molecule has 0 nitrogen and oxygen atoms in total. The van der Waals surface area contributed by atoms with Gasteiger partial charge in [0.1, 0.15) is 0 Å². The molecule has 0 aromatic rings. The van der Waals surface area contributed by atoms with Gasteiger partial charge >= 0.3 is 12.1 Å². The van der Waals surface area contributed by atoms with Crippen LogP contribution in [0.2, 0.25) is 0 Å². The van der Waals surface area contributed by atoms with Crippen molar-refractivity contribution in [2.75, 3.05) is 5.33 Å². The minimum Gasteiger partial charge on any atom is -0.196 e. The van der Waals surface area contributed by atoms with Crippen molar-refractivity contribution < 1.29 is 22.0 Å². The zero-order valence-corrected chi connectivity index (χ0v) is 9.54. The van der Waals surface area contributed by atoms with Crippen LogP contribution >= 0.6 is 15.9 Å². The van der Waals surface area contributed by atoms with E-state index in [9.17, 15) is 22.0 Å². The fourth-order valence-electron chi connectivity index (χ4n) is 0.837. The van der Waals surface area contributed by atoms with E-state index in [4.69, 9.17) is 0 Å². The van der Waals surface area contributed by atoms with Crippen LogP contribution in [0.3, 0.4) is 0 Å². The largest absolute Gasteiger partial charge is 0.453 e. The highest BCUT2D eigenvalue weighted by Gasteiger charge is 2.56. The number of hydrogen-bond acceptors (Lipinski definition) is 0. The maximum atomic E-state index is 12.3. The second-order valence-corrected chi connectivity index (χ2v) is 3.84. The monoisotopic (exact) mass is 294 g/mol. The summed E-state index contributed by atoms with van der Waals surface area (Å²) in [5.74, 6) is -4.58. The summed E-state index contributed by atoms with van der Waals surface area (Å²) in [6, 6.07) is 0. The Labute approximate surface area is 93.7 Å². The molecule has 0 aliphatic carbocycles. The van der Waals surface area contributed by atoms with Gasteiger partial charge in [0.2, 0.25) is 0 Å². The molecule has 6 heteroatoms. The minimum atomic E-state index is -5.43. The first kappa shape index (κ1) is 14.9. The molecule has 0 rings (SSSR count). The van der Waals surface area contributed by atoms with Crippen molar-refractivity contribution in [1.29, 1.82) is 0 Å². The van der Waals surface area contributed by atoms with Gasteiger partial charge in [-0.3, -0.25) is 0 Å². The van der Waals surface area contributed by atoms with Crippen LogP contribution in [0.1, 0.15) is 25.7 Å². The third kappa shape index (κ3) is 6.12. The maximum Gasteiger partial charge on any atom is 0.453 e. The van der Waals surface area contributed by atoms with Gasteiger partial charge in [0.05, 0.1) is 0 Å². The average molecular weight is 295 g/mol. The zero-order valence-electron chi connectivity index (χ0n) is 7.96. The molecule has 0 aromatic carbocycles. The third-order valence-electron chi connectivity index (χ3n) is 1.71. The van der Waals surface area contributed by atoms with Crippen molar-refractivity contribution in [3.8, 4) is 0 Å². The highest BCUT2D eigenvalue weighted by molar-refractivity contribution is 9.09. The predicted molar refractivity (Wildman–Crippen MR) is 52.4 cm³/mol. The summed E-state index contributed by atoms with van der Waals surface area (Å²) in [6.07, 6.45) is -2.36. The quantitative estimate of drug-likeness (QED) is 0.288. The lowest BCUT2D eigenvalue weighted by atomic mass is 10.1. The topological polar surface area (TPSA) is 0 Å². The van der Waals surface area contributed by atoms with Gasteiger partial charge in [0, 0.05) is 11.8 Å².